The van der Waals surface area contributed by atoms with Gasteiger partial charge in [0.1, 0.15) is 29.0 Å². The molecule has 5 rings (SSSR count). The largest absolute Gasteiger partial charge is 0.484 e. The van der Waals surface area contributed by atoms with Gasteiger partial charge in [-0.1, -0.05) is 63.6 Å². The predicted octanol–water partition coefficient (Wildman–Crippen LogP) is 5.64. The van der Waals surface area contributed by atoms with Gasteiger partial charge < -0.3 is 20.9 Å². The highest BCUT2D eigenvalue weighted by molar-refractivity contribution is 6.05. The van der Waals surface area contributed by atoms with Crippen molar-refractivity contribution in [1.82, 2.24) is 20.1 Å². The quantitative estimate of drug-likeness (QED) is 0.143. The number of rotatable bonds is 7. The molecule has 0 saturated carbocycles. The second-order valence-electron chi connectivity index (χ2n) is 13.6. The SMILES string of the molecule is CN1CCCC[C@H]1C(=N)n1cc(O[C@@H]2CC[C@H](NC(=O)NC(/C=C(\N)C(C)(C)C)=Nc3ccc(CO)cc3)c3ccccc32)ccc1=N. The number of carbonyl (C=O) groups excluding carboxylic acids is 1. The first-order valence-electron chi connectivity index (χ1n) is 16.6. The zero-order valence-corrected chi connectivity index (χ0v) is 28.3. The summed E-state index contributed by atoms with van der Waals surface area (Å²) in [5.41, 5.74) is 10.2. The van der Waals surface area contributed by atoms with Crippen molar-refractivity contribution in [3.05, 3.63) is 101 Å². The number of benzene rings is 2. The van der Waals surface area contributed by atoms with E-state index in [1.54, 1.807) is 53.2 Å². The molecular formula is C37H48N8O3. The molecule has 1 aliphatic heterocycles. The maximum absolute atomic E-state index is 13.4. The van der Waals surface area contributed by atoms with Gasteiger partial charge in [-0.2, -0.15) is 0 Å². The van der Waals surface area contributed by atoms with E-state index in [0.29, 0.717) is 41.6 Å². The number of piperidine rings is 1. The van der Waals surface area contributed by atoms with Gasteiger partial charge in [-0.15, -0.1) is 0 Å². The number of likely N-dealkylation sites (N-methyl/N-ethyl adjacent to an activating group) is 1. The lowest BCUT2D eigenvalue weighted by atomic mass is 9.85. The molecule has 2 heterocycles. The third kappa shape index (κ3) is 8.39. The van der Waals surface area contributed by atoms with Gasteiger partial charge in [-0.05, 0) is 80.2 Å². The normalized spacial score (nSPS) is 20.5. The number of aliphatic hydroxyl groups is 1. The number of pyridine rings is 1. The highest BCUT2D eigenvalue weighted by Gasteiger charge is 2.30. The van der Waals surface area contributed by atoms with Crippen LogP contribution in [-0.4, -0.2) is 51.9 Å². The van der Waals surface area contributed by atoms with Gasteiger partial charge in [0.2, 0.25) is 0 Å². The molecule has 2 amide bonds. The Morgan fingerprint density at radius 3 is 2.48 bits per heavy atom. The molecule has 254 valence electrons. The van der Waals surface area contributed by atoms with Crippen molar-refractivity contribution in [2.45, 2.75) is 77.7 Å². The number of likely N-dealkylation sites (tertiary alicyclic amines) is 1. The molecule has 48 heavy (non-hydrogen) atoms. The third-order valence-corrected chi connectivity index (χ3v) is 9.05. The summed E-state index contributed by atoms with van der Waals surface area (Å²) >= 11 is 0. The Bertz CT molecular complexity index is 1740. The summed E-state index contributed by atoms with van der Waals surface area (Å²) in [6.07, 6.45) is 7.57. The smallest absolute Gasteiger partial charge is 0.320 e. The lowest BCUT2D eigenvalue weighted by Gasteiger charge is -2.34. The Kier molecular flexibility index (Phi) is 10.8. The van der Waals surface area contributed by atoms with Crippen LogP contribution in [0.15, 0.2) is 83.6 Å². The van der Waals surface area contributed by atoms with Crippen molar-refractivity contribution in [3.63, 3.8) is 0 Å². The molecular weight excluding hydrogens is 604 g/mol. The summed E-state index contributed by atoms with van der Waals surface area (Å²) in [6.45, 7) is 6.85. The second-order valence-corrected chi connectivity index (χ2v) is 13.6. The summed E-state index contributed by atoms with van der Waals surface area (Å²) in [5.74, 6) is 1.28. The summed E-state index contributed by atoms with van der Waals surface area (Å²) in [7, 11) is 2.04. The number of amides is 2. The molecule has 7 N–H and O–H groups in total. The summed E-state index contributed by atoms with van der Waals surface area (Å²) < 4.78 is 8.14. The van der Waals surface area contributed by atoms with Crippen LogP contribution in [0.25, 0.3) is 0 Å². The van der Waals surface area contributed by atoms with Crippen molar-refractivity contribution in [2.75, 3.05) is 13.6 Å². The van der Waals surface area contributed by atoms with Crippen molar-refractivity contribution < 1.29 is 14.6 Å². The highest BCUT2D eigenvalue weighted by Crippen LogP contribution is 2.38. The highest BCUT2D eigenvalue weighted by atomic mass is 16.5. The zero-order chi connectivity index (χ0) is 34.4. The predicted molar refractivity (Wildman–Crippen MR) is 188 cm³/mol. The molecule has 3 atom stereocenters. The molecule has 0 bridgehead atoms. The van der Waals surface area contributed by atoms with E-state index in [0.717, 1.165) is 42.5 Å². The van der Waals surface area contributed by atoms with Crippen LogP contribution in [0.1, 0.15) is 81.7 Å². The van der Waals surface area contributed by atoms with Gasteiger partial charge >= 0.3 is 6.03 Å². The van der Waals surface area contributed by atoms with E-state index >= 15 is 0 Å². The number of nitrogens with one attached hydrogen (secondary N) is 4. The Morgan fingerprint density at radius 2 is 1.79 bits per heavy atom. The Balaban J connectivity index is 1.32. The average molecular weight is 653 g/mol. The van der Waals surface area contributed by atoms with Crippen LogP contribution in [0.4, 0.5) is 10.5 Å². The molecule has 1 saturated heterocycles. The fourth-order valence-electron chi connectivity index (χ4n) is 6.10. The molecule has 1 fully saturated rings. The van der Waals surface area contributed by atoms with Crippen molar-refractivity contribution >= 4 is 23.4 Å². The third-order valence-electron chi connectivity index (χ3n) is 9.05. The number of nitrogens with zero attached hydrogens (tertiary/aromatic N) is 3. The Hall–Kier alpha value is -4.74. The molecule has 0 unspecified atom stereocenters. The number of nitrogens with two attached hydrogens (primary N) is 1. The topological polar surface area (TPSA) is 165 Å². The second kappa shape index (κ2) is 15.0. The number of aliphatic imine (C=N–C) groups is 1. The monoisotopic (exact) mass is 652 g/mol. The minimum atomic E-state index is -0.406. The van der Waals surface area contributed by atoms with Crippen molar-refractivity contribution in [2.24, 2.45) is 16.1 Å². The summed E-state index contributed by atoms with van der Waals surface area (Å²) in [6, 6.07) is 17.8. The van der Waals surface area contributed by atoms with Gasteiger partial charge in [0.15, 0.2) is 0 Å². The number of aliphatic hydroxyl groups excluding tert-OH is 1. The molecule has 0 spiro atoms. The Morgan fingerprint density at radius 1 is 1.06 bits per heavy atom. The van der Waals surface area contributed by atoms with Crippen LogP contribution in [0.5, 0.6) is 5.75 Å². The number of carbonyl (C=O) groups is 1. The molecule has 1 aliphatic carbocycles. The van der Waals surface area contributed by atoms with E-state index < -0.39 is 6.03 Å². The van der Waals surface area contributed by atoms with Crippen molar-refractivity contribution in [3.8, 4) is 5.75 Å². The first kappa shape index (κ1) is 34.6. The minimum absolute atomic E-state index is 0.0331. The lowest BCUT2D eigenvalue weighted by Crippen LogP contribution is -2.46. The summed E-state index contributed by atoms with van der Waals surface area (Å²) in [4.78, 5) is 20.3. The lowest BCUT2D eigenvalue weighted by molar-refractivity contribution is 0.171. The van der Waals surface area contributed by atoms with E-state index in [2.05, 4.69) is 20.5 Å². The van der Waals surface area contributed by atoms with Crippen LogP contribution >= 0.6 is 0 Å². The number of fused-ring (bicyclic) bond motifs is 1. The molecule has 1 aromatic heterocycles. The van der Waals surface area contributed by atoms with E-state index in [-0.39, 0.29) is 35.7 Å². The first-order chi connectivity index (χ1) is 22.9. The average Bonchev–Trinajstić information content (AvgIpc) is 3.06. The van der Waals surface area contributed by atoms with Crippen molar-refractivity contribution in [1.29, 1.82) is 10.8 Å². The van der Waals surface area contributed by atoms with E-state index in [1.807, 2.05) is 52.1 Å². The zero-order valence-electron chi connectivity index (χ0n) is 28.3. The number of allylic oxidation sites excluding steroid dienone is 1. The molecule has 11 heteroatoms. The van der Waals surface area contributed by atoms with Crippen LogP contribution in [0, 0.1) is 16.2 Å². The molecule has 2 aromatic carbocycles. The molecule has 0 radical (unpaired) electrons. The van der Waals surface area contributed by atoms with Gasteiger partial charge in [0.05, 0.1) is 30.6 Å². The molecule has 2 aliphatic rings. The van der Waals surface area contributed by atoms with Crippen LogP contribution in [0.2, 0.25) is 0 Å². The van der Waals surface area contributed by atoms with E-state index in [4.69, 9.17) is 21.3 Å². The fraction of sp³-hybridized carbons (Fsp3) is 0.405. The minimum Gasteiger partial charge on any atom is -0.484 e. The number of aromatic nitrogens is 1. The first-order valence-corrected chi connectivity index (χ1v) is 16.6. The number of urea groups is 1. The summed E-state index contributed by atoms with van der Waals surface area (Å²) in [5, 5.41) is 32.8. The fourth-order valence-corrected chi connectivity index (χ4v) is 6.10. The van der Waals surface area contributed by atoms with Gasteiger partial charge in [0.25, 0.3) is 0 Å². The standard InChI is InChI=1S/C37H48N8O3/c1-37(2,3)32(38)21-34(41-25-14-12-24(23-46)13-15-25)43-36(47)42-29-17-18-31(28-10-6-5-9-27(28)29)48-26-16-19-33(39)45(22-26)35(40)30-11-7-8-20-44(30)4/h5-6,9-10,12-16,19,21-22,29-31,39-40,46H,7-8,11,17-18,20,23,38H2,1-4H3,(H2,41,42,43,47)/b32-21-,39-33?,40-35?/t29-,30-,31+/m0/s1. The molecule has 11 nitrogen and oxygen atoms in total. The number of hydrogen-bond acceptors (Lipinski definition) is 8. The van der Waals surface area contributed by atoms with Crippen LogP contribution < -0.4 is 26.6 Å². The maximum atomic E-state index is 13.4. The maximum Gasteiger partial charge on any atom is 0.320 e. The Labute approximate surface area is 282 Å². The van der Waals surface area contributed by atoms with Gasteiger partial charge in [-0.25, -0.2) is 9.79 Å². The molecule has 3 aromatic rings. The number of hydrogen-bond donors (Lipinski definition) is 6. The number of amidine groups is 1. The van der Waals surface area contributed by atoms with E-state index in [1.165, 1.54) is 0 Å². The number of ether oxygens (including phenoxy) is 1. The van der Waals surface area contributed by atoms with Gasteiger partial charge in [0, 0.05) is 17.2 Å². The van der Waals surface area contributed by atoms with Crippen LogP contribution in [0.3, 0.4) is 0 Å². The van der Waals surface area contributed by atoms with Gasteiger partial charge in [-0.3, -0.25) is 25.6 Å². The van der Waals surface area contributed by atoms with E-state index in [9.17, 15) is 9.90 Å². The van der Waals surface area contributed by atoms with Crippen LogP contribution in [-0.2, 0) is 6.61 Å².